The zero-order chi connectivity index (χ0) is 18.3. The Morgan fingerprint density at radius 2 is 1.59 bits per heavy atom. The van der Waals surface area contributed by atoms with Gasteiger partial charge in [0.25, 0.3) is 5.91 Å². The van der Waals surface area contributed by atoms with Crippen LogP contribution in [0.4, 0.5) is 5.69 Å². The number of hydrogen-bond acceptors (Lipinski definition) is 3. The Bertz CT molecular complexity index is 797. The van der Waals surface area contributed by atoms with E-state index in [9.17, 15) is 4.79 Å². The molecule has 0 aliphatic heterocycles. The van der Waals surface area contributed by atoms with Gasteiger partial charge in [0.15, 0.2) is 0 Å². The average molecular weight is 361 g/mol. The van der Waals surface area contributed by atoms with Crippen molar-refractivity contribution in [3.05, 3.63) is 59.9 Å². The first kappa shape index (κ1) is 16.8. The summed E-state index contributed by atoms with van der Waals surface area (Å²) < 4.78 is 0. The lowest BCUT2D eigenvalue weighted by atomic mass is 9.53. The maximum atomic E-state index is 13.2. The normalized spacial score (nSPS) is 30.9. The maximum absolute atomic E-state index is 13.2. The molecule has 6 rings (SSSR count). The Kier molecular flexibility index (Phi) is 4.14. The number of aromatic nitrogens is 1. The Hall–Kier alpha value is -2.36. The third-order valence-corrected chi connectivity index (χ3v) is 6.82. The van der Waals surface area contributed by atoms with E-state index in [0.29, 0.717) is 6.54 Å². The largest absolute Gasteiger partial charge is 0.380 e. The zero-order valence-electron chi connectivity index (χ0n) is 15.7. The van der Waals surface area contributed by atoms with Crippen LogP contribution in [0, 0.1) is 17.8 Å². The van der Waals surface area contributed by atoms with Crippen molar-refractivity contribution in [1.82, 2.24) is 10.3 Å². The molecule has 0 unspecified atom stereocenters. The molecule has 27 heavy (non-hydrogen) atoms. The van der Waals surface area contributed by atoms with Gasteiger partial charge in [-0.3, -0.25) is 9.78 Å². The van der Waals surface area contributed by atoms with Gasteiger partial charge in [-0.1, -0.05) is 12.1 Å². The molecule has 1 aromatic carbocycles. The molecule has 1 heterocycles. The lowest BCUT2D eigenvalue weighted by Gasteiger charge is -2.56. The van der Waals surface area contributed by atoms with Gasteiger partial charge in [0.05, 0.1) is 5.56 Å². The van der Waals surface area contributed by atoms with Crippen LogP contribution in [0.1, 0.15) is 54.4 Å². The van der Waals surface area contributed by atoms with Crippen molar-refractivity contribution in [2.24, 2.45) is 17.8 Å². The molecule has 4 fully saturated rings. The van der Waals surface area contributed by atoms with Crippen LogP contribution in [0.15, 0.2) is 48.8 Å². The van der Waals surface area contributed by atoms with Crippen LogP contribution >= 0.6 is 0 Å². The van der Waals surface area contributed by atoms with Crippen LogP contribution in [0.3, 0.4) is 0 Å². The summed E-state index contributed by atoms with van der Waals surface area (Å²) >= 11 is 0. The van der Waals surface area contributed by atoms with Crippen molar-refractivity contribution >= 4 is 11.6 Å². The van der Waals surface area contributed by atoms with E-state index < -0.39 is 0 Å². The number of nitrogens with zero attached hydrogens (tertiary/aromatic N) is 1. The van der Waals surface area contributed by atoms with E-state index in [2.05, 4.69) is 15.6 Å². The number of benzene rings is 1. The second-order valence-corrected chi connectivity index (χ2v) is 8.91. The second kappa shape index (κ2) is 6.66. The standard InChI is InChI=1S/C23H27N3O/c27-22(26-23-12-17-9-18(13-23)11-19(10-17)14-23)20-3-1-2-4-21(20)25-15-16-5-7-24-8-6-16/h1-8,17-19,25H,9-15H2,(H,26,27). The number of carbonyl (C=O) groups is 1. The van der Waals surface area contributed by atoms with Crippen LogP contribution in [0.25, 0.3) is 0 Å². The zero-order valence-corrected chi connectivity index (χ0v) is 15.7. The fraction of sp³-hybridized carbons (Fsp3) is 0.478. The highest BCUT2D eigenvalue weighted by atomic mass is 16.1. The molecule has 4 saturated carbocycles. The summed E-state index contributed by atoms with van der Waals surface area (Å²) in [6.45, 7) is 0.685. The Morgan fingerprint density at radius 1 is 0.963 bits per heavy atom. The third kappa shape index (κ3) is 3.33. The summed E-state index contributed by atoms with van der Waals surface area (Å²) in [6, 6.07) is 11.8. The molecular formula is C23H27N3O. The first-order valence-electron chi connectivity index (χ1n) is 10.2. The topological polar surface area (TPSA) is 54.0 Å². The first-order valence-corrected chi connectivity index (χ1v) is 10.2. The van der Waals surface area contributed by atoms with Crippen molar-refractivity contribution in [1.29, 1.82) is 0 Å². The van der Waals surface area contributed by atoms with Gasteiger partial charge in [0.2, 0.25) is 0 Å². The molecule has 0 saturated heterocycles. The molecule has 1 aromatic heterocycles. The minimum Gasteiger partial charge on any atom is -0.380 e. The van der Waals surface area contributed by atoms with Gasteiger partial charge < -0.3 is 10.6 Å². The van der Waals surface area contributed by atoms with Crippen LogP contribution in [0.5, 0.6) is 0 Å². The molecule has 0 radical (unpaired) electrons. The van der Waals surface area contributed by atoms with Gasteiger partial charge in [-0.25, -0.2) is 0 Å². The van der Waals surface area contributed by atoms with Gasteiger partial charge >= 0.3 is 0 Å². The van der Waals surface area contributed by atoms with Crippen molar-refractivity contribution in [3.63, 3.8) is 0 Å². The van der Waals surface area contributed by atoms with Gasteiger partial charge in [0.1, 0.15) is 0 Å². The third-order valence-electron chi connectivity index (χ3n) is 6.82. The molecule has 140 valence electrons. The number of anilines is 1. The summed E-state index contributed by atoms with van der Waals surface area (Å²) in [5.74, 6) is 2.57. The Balaban J connectivity index is 1.32. The van der Waals surface area contributed by atoms with Crippen molar-refractivity contribution < 1.29 is 4.79 Å². The van der Waals surface area contributed by atoms with Gasteiger partial charge in [-0.15, -0.1) is 0 Å². The fourth-order valence-electron chi connectivity index (χ4n) is 6.11. The molecule has 1 amide bonds. The summed E-state index contributed by atoms with van der Waals surface area (Å²) in [4.78, 5) is 17.3. The van der Waals surface area contributed by atoms with Crippen LogP contribution in [0.2, 0.25) is 0 Å². The minimum atomic E-state index is 0.0457. The molecule has 0 spiro atoms. The van der Waals surface area contributed by atoms with Crippen LogP contribution in [-0.2, 0) is 6.54 Å². The molecule has 2 aromatic rings. The van der Waals surface area contributed by atoms with Crippen LogP contribution in [-0.4, -0.2) is 16.4 Å². The monoisotopic (exact) mass is 361 g/mol. The summed E-state index contributed by atoms with van der Waals surface area (Å²) in [5.41, 5.74) is 2.85. The molecular weight excluding hydrogens is 334 g/mol. The molecule has 4 bridgehead atoms. The fourth-order valence-corrected chi connectivity index (χ4v) is 6.11. The number of para-hydroxylation sites is 1. The van der Waals surface area contributed by atoms with Gasteiger partial charge in [0, 0.05) is 30.2 Å². The van der Waals surface area contributed by atoms with Gasteiger partial charge in [-0.2, -0.15) is 0 Å². The highest BCUT2D eigenvalue weighted by molar-refractivity contribution is 6.00. The lowest BCUT2D eigenvalue weighted by Crippen LogP contribution is -2.59. The summed E-state index contributed by atoms with van der Waals surface area (Å²) in [6.07, 6.45) is 11.3. The van der Waals surface area contributed by atoms with E-state index in [0.717, 1.165) is 34.6 Å². The van der Waals surface area contributed by atoms with Crippen molar-refractivity contribution in [2.45, 2.75) is 50.6 Å². The molecule has 2 N–H and O–H groups in total. The smallest absolute Gasteiger partial charge is 0.253 e. The lowest BCUT2D eigenvalue weighted by molar-refractivity contribution is -0.0166. The number of amides is 1. The maximum Gasteiger partial charge on any atom is 0.253 e. The number of rotatable bonds is 5. The van der Waals surface area contributed by atoms with E-state index in [4.69, 9.17) is 0 Å². The minimum absolute atomic E-state index is 0.0457. The second-order valence-electron chi connectivity index (χ2n) is 8.91. The Labute approximate surface area is 160 Å². The van der Waals surface area contributed by atoms with E-state index in [-0.39, 0.29) is 11.4 Å². The van der Waals surface area contributed by atoms with E-state index in [1.54, 1.807) is 12.4 Å². The number of hydrogen-bond donors (Lipinski definition) is 2. The predicted molar refractivity (Wildman–Crippen MR) is 106 cm³/mol. The van der Waals surface area contributed by atoms with Gasteiger partial charge in [-0.05, 0) is 86.1 Å². The highest BCUT2D eigenvalue weighted by Crippen LogP contribution is 2.55. The quantitative estimate of drug-likeness (QED) is 0.830. The average Bonchev–Trinajstić information content (AvgIpc) is 2.66. The SMILES string of the molecule is O=C(NC12CC3CC(CC(C3)C1)C2)c1ccccc1NCc1ccncc1. The molecule has 4 aliphatic carbocycles. The van der Waals surface area contributed by atoms with Crippen LogP contribution < -0.4 is 10.6 Å². The summed E-state index contributed by atoms with van der Waals surface area (Å²) in [5, 5.41) is 6.92. The van der Waals surface area contributed by atoms with E-state index in [1.807, 2.05) is 36.4 Å². The Morgan fingerprint density at radius 3 is 2.26 bits per heavy atom. The highest BCUT2D eigenvalue weighted by Gasteiger charge is 2.51. The molecule has 0 atom stereocenters. The molecule has 4 nitrogen and oxygen atoms in total. The summed E-state index contributed by atoms with van der Waals surface area (Å²) in [7, 11) is 0. The van der Waals surface area contributed by atoms with Crippen molar-refractivity contribution in [3.8, 4) is 0 Å². The van der Waals surface area contributed by atoms with Crippen molar-refractivity contribution in [2.75, 3.05) is 5.32 Å². The first-order chi connectivity index (χ1) is 13.2. The molecule has 4 aliphatic rings. The number of nitrogens with one attached hydrogen (secondary N) is 2. The predicted octanol–water partition coefficient (Wildman–Crippen LogP) is 4.39. The molecule has 4 heteroatoms. The van der Waals surface area contributed by atoms with E-state index in [1.165, 1.54) is 38.5 Å². The number of carbonyl (C=O) groups excluding carboxylic acids is 1. The van der Waals surface area contributed by atoms with E-state index >= 15 is 0 Å². The number of pyridine rings is 1.